The van der Waals surface area contributed by atoms with Gasteiger partial charge in [-0.2, -0.15) is 0 Å². The molecule has 0 unspecified atom stereocenters. The number of carbonyl (C=O) groups excluding carboxylic acids is 1. The molecule has 0 aliphatic rings. The van der Waals surface area contributed by atoms with Crippen LogP contribution in [0.25, 0.3) is 0 Å². The molecule has 0 aromatic heterocycles. The quantitative estimate of drug-likeness (QED) is 0.446. The van der Waals surface area contributed by atoms with E-state index < -0.39 is 6.09 Å². The van der Waals surface area contributed by atoms with Gasteiger partial charge in [-0.25, -0.2) is 4.79 Å². The van der Waals surface area contributed by atoms with E-state index >= 15 is 0 Å². The van der Waals surface area contributed by atoms with Gasteiger partial charge in [0, 0.05) is 13.0 Å². The Labute approximate surface area is 96.2 Å². The fraction of sp³-hybridized carbons (Fsp3) is 0.727. The van der Waals surface area contributed by atoms with Gasteiger partial charge in [0.1, 0.15) is 6.61 Å². The minimum atomic E-state index is -0.784. The summed E-state index contributed by atoms with van der Waals surface area (Å²) in [7, 11) is 0. The lowest BCUT2D eigenvalue weighted by molar-refractivity contribution is 0.0285. The maximum atomic E-state index is 10.2. The zero-order valence-electron chi connectivity index (χ0n) is 9.44. The van der Waals surface area contributed by atoms with E-state index in [0.29, 0.717) is 26.4 Å². The predicted molar refractivity (Wildman–Crippen MR) is 59.9 cm³/mol. The lowest BCUT2D eigenvalue weighted by Crippen LogP contribution is -2.17. The highest BCUT2D eigenvalue weighted by molar-refractivity contribution is 5.64. The van der Waals surface area contributed by atoms with E-state index in [0.717, 1.165) is 19.3 Å². The molecule has 1 amide bonds. The maximum absolute atomic E-state index is 10.2. The number of unbranched alkanes of at least 4 members (excludes halogenated alkanes) is 2. The van der Waals surface area contributed by atoms with Crippen LogP contribution in [0.5, 0.6) is 0 Å². The Hall–Kier alpha value is -1.25. The topological polar surface area (TPSA) is 70.8 Å². The summed E-state index contributed by atoms with van der Waals surface area (Å²) in [5.41, 5.74) is 4.76. The van der Waals surface area contributed by atoms with E-state index in [4.69, 9.17) is 21.6 Å². The van der Waals surface area contributed by atoms with Crippen LogP contribution in [-0.4, -0.2) is 39.1 Å². The molecule has 0 heterocycles. The Kier molecular flexibility index (Phi) is 10.9. The number of hydrogen-bond donors (Lipinski definition) is 1. The van der Waals surface area contributed by atoms with Gasteiger partial charge in [0.2, 0.25) is 0 Å². The van der Waals surface area contributed by atoms with E-state index in [9.17, 15) is 4.79 Å². The van der Waals surface area contributed by atoms with Gasteiger partial charge in [-0.15, -0.1) is 12.3 Å². The Balaban J connectivity index is 2.94. The number of ether oxygens (including phenoxy) is 3. The molecule has 0 spiro atoms. The van der Waals surface area contributed by atoms with Crippen LogP contribution in [0.2, 0.25) is 0 Å². The number of primary amides is 1. The van der Waals surface area contributed by atoms with Gasteiger partial charge in [0.25, 0.3) is 0 Å². The fourth-order valence-electron chi connectivity index (χ4n) is 0.954. The summed E-state index contributed by atoms with van der Waals surface area (Å²) in [6.45, 7) is 2.23. The molecule has 0 bridgehead atoms. The summed E-state index contributed by atoms with van der Waals surface area (Å²) in [6, 6.07) is 0. The second-order valence-electron chi connectivity index (χ2n) is 3.05. The van der Waals surface area contributed by atoms with Crippen LogP contribution < -0.4 is 5.73 Å². The lowest BCUT2D eigenvalue weighted by atomic mass is 10.2. The Morgan fingerprint density at radius 1 is 1.06 bits per heavy atom. The number of rotatable bonds is 10. The summed E-state index contributed by atoms with van der Waals surface area (Å²) in [6.07, 6.45) is 7.07. The van der Waals surface area contributed by atoms with Gasteiger partial charge in [0.05, 0.1) is 19.8 Å². The maximum Gasteiger partial charge on any atom is 0.404 e. The molecule has 2 N–H and O–H groups in total. The average Bonchev–Trinajstić information content (AvgIpc) is 2.25. The fourth-order valence-corrected chi connectivity index (χ4v) is 0.954. The smallest absolute Gasteiger partial charge is 0.404 e. The molecule has 0 fully saturated rings. The van der Waals surface area contributed by atoms with Crippen molar-refractivity contribution >= 4 is 6.09 Å². The molecule has 0 radical (unpaired) electrons. The van der Waals surface area contributed by atoms with Crippen LogP contribution in [0.15, 0.2) is 0 Å². The van der Waals surface area contributed by atoms with Gasteiger partial charge in [-0.3, -0.25) is 0 Å². The Bertz CT molecular complexity index is 213. The van der Waals surface area contributed by atoms with Gasteiger partial charge in [-0.05, 0) is 12.8 Å². The first kappa shape index (κ1) is 14.8. The first-order valence-electron chi connectivity index (χ1n) is 5.28. The molecule has 5 nitrogen and oxygen atoms in total. The zero-order chi connectivity index (χ0) is 12.1. The highest BCUT2D eigenvalue weighted by Gasteiger charge is 1.93. The molecule has 0 saturated heterocycles. The number of hydrogen-bond acceptors (Lipinski definition) is 4. The van der Waals surface area contributed by atoms with E-state index in [1.165, 1.54) is 0 Å². The molecule has 0 saturated carbocycles. The third kappa shape index (κ3) is 12.8. The van der Waals surface area contributed by atoms with Crippen LogP contribution in [0.4, 0.5) is 4.79 Å². The van der Waals surface area contributed by atoms with Crippen LogP contribution in [0.1, 0.15) is 19.3 Å². The minimum absolute atomic E-state index is 0.178. The Morgan fingerprint density at radius 2 is 1.69 bits per heavy atom. The number of nitrogens with two attached hydrogens (primary N) is 1. The second kappa shape index (κ2) is 11.8. The van der Waals surface area contributed by atoms with Crippen LogP contribution in [0, 0.1) is 12.3 Å². The standard InChI is InChI=1S/C11H19NO4/c1-2-3-4-5-6-14-7-8-15-9-10-16-11(12)13/h1H,3-10H2,(H2,12,13). The zero-order valence-corrected chi connectivity index (χ0v) is 9.44. The highest BCUT2D eigenvalue weighted by atomic mass is 16.6. The average molecular weight is 229 g/mol. The van der Waals surface area contributed by atoms with Gasteiger partial charge < -0.3 is 19.9 Å². The van der Waals surface area contributed by atoms with Crippen molar-refractivity contribution in [3.8, 4) is 12.3 Å². The van der Waals surface area contributed by atoms with Crippen molar-refractivity contribution in [3.05, 3.63) is 0 Å². The predicted octanol–water partition coefficient (Wildman–Crippen LogP) is 0.918. The molecule has 0 aliphatic carbocycles. The molecule has 0 rings (SSSR count). The van der Waals surface area contributed by atoms with E-state index in [1.807, 2.05) is 0 Å². The van der Waals surface area contributed by atoms with Gasteiger partial charge in [-0.1, -0.05) is 0 Å². The first-order chi connectivity index (χ1) is 7.77. The van der Waals surface area contributed by atoms with Crippen molar-refractivity contribution in [2.45, 2.75) is 19.3 Å². The molecule has 0 aromatic rings. The molecular formula is C11H19NO4. The van der Waals surface area contributed by atoms with Crippen LogP contribution in [-0.2, 0) is 14.2 Å². The minimum Gasteiger partial charge on any atom is -0.447 e. The number of terminal acetylenes is 1. The molecule has 16 heavy (non-hydrogen) atoms. The summed E-state index contributed by atoms with van der Waals surface area (Å²) in [5.74, 6) is 2.57. The third-order valence-electron chi connectivity index (χ3n) is 1.70. The second-order valence-corrected chi connectivity index (χ2v) is 3.05. The van der Waals surface area contributed by atoms with Crippen molar-refractivity contribution in [1.82, 2.24) is 0 Å². The summed E-state index contributed by atoms with van der Waals surface area (Å²) < 4.78 is 14.9. The summed E-state index contributed by atoms with van der Waals surface area (Å²) in [5, 5.41) is 0. The van der Waals surface area contributed by atoms with Crippen molar-refractivity contribution in [3.63, 3.8) is 0 Å². The van der Waals surface area contributed by atoms with Gasteiger partial charge >= 0.3 is 6.09 Å². The molecular weight excluding hydrogens is 210 g/mol. The van der Waals surface area contributed by atoms with Gasteiger partial charge in [0.15, 0.2) is 0 Å². The SMILES string of the molecule is C#CCCCCOCCOCCOC(N)=O. The van der Waals surface area contributed by atoms with Crippen LogP contribution in [0.3, 0.4) is 0 Å². The summed E-state index contributed by atoms with van der Waals surface area (Å²) in [4.78, 5) is 10.2. The van der Waals surface area contributed by atoms with E-state index in [1.54, 1.807) is 0 Å². The monoisotopic (exact) mass is 229 g/mol. The van der Waals surface area contributed by atoms with E-state index in [2.05, 4.69) is 10.7 Å². The van der Waals surface area contributed by atoms with Crippen molar-refractivity contribution in [2.75, 3.05) is 33.0 Å². The number of amides is 1. The Morgan fingerprint density at radius 3 is 2.31 bits per heavy atom. The largest absolute Gasteiger partial charge is 0.447 e. The van der Waals surface area contributed by atoms with Crippen molar-refractivity contribution in [1.29, 1.82) is 0 Å². The molecule has 0 aliphatic heterocycles. The van der Waals surface area contributed by atoms with Crippen molar-refractivity contribution in [2.24, 2.45) is 5.73 Å². The lowest BCUT2D eigenvalue weighted by Gasteiger charge is -2.05. The first-order valence-corrected chi connectivity index (χ1v) is 5.28. The summed E-state index contributed by atoms with van der Waals surface area (Å²) >= 11 is 0. The molecule has 0 atom stereocenters. The highest BCUT2D eigenvalue weighted by Crippen LogP contribution is 1.93. The molecule has 0 aromatic carbocycles. The number of carbonyl (C=O) groups is 1. The van der Waals surface area contributed by atoms with E-state index in [-0.39, 0.29) is 6.61 Å². The normalized spacial score (nSPS) is 9.69. The van der Waals surface area contributed by atoms with Crippen molar-refractivity contribution < 1.29 is 19.0 Å². The molecule has 92 valence electrons. The molecule has 5 heteroatoms. The third-order valence-corrected chi connectivity index (χ3v) is 1.70. The van der Waals surface area contributed by atoms with Crippen LogP contribution >= 0.6 is 0 Å².